The number of piperazine rings is 3. The molecule has 0 radical (unpaired) electrons. The fraction of sp³-hybridized carbons (Fsp3) is 0.304. The van der Waals surface area contributed by atoms with Gasteiger partial charge in [-0.2, -0.15) is 0 Å². The predicted octanol–water partition coefficient (Wildman–Crippen LogP) is 6.23. The van der Waals surface area contributed by atoms with Gasteiger partial charge >= 0.3 is 11.4 Å². The molecule has 16 nitrogen and oxygen atoms in total. The van der Waals surface area contributed by atoms with Crippen LogP contribution >= 0.6 is 0 Å². The average molecular weight is 833 g/mol. The van der Waals surface area contributed by atoms with Gasteiger partial charge in [0.15, 0.2) is 0 Å². The Balaban J connectivity index is 0.885. The smallest absolute Gasteiger partial charge is 0.348 e. The minimum absolute atomic E-state index is 0.0522. The van der Waals surface area contributed by atoms with Crippen LogP contribution in [0.15, 0.2) is 134 Å². The Bertz CT molecular complexity index is 2190. The summed E-state index contributed by atoms with van der Waals surface area (Å²) in [7, 11) is 0. The lowest BCUT2D eigenvalue weighted by Gasteiger charge is -2.40. The maximum Gasteiger partial charge on any atom is 0.353 e. The highest BCUT2D eigenvalue weighted by molar-refractivity contribution is 5.74. The number of hydrogen-bond acceptors (Lipinski definition) is 14. The summed E-state index contributed by atoms with van der Waals surface area (Å²) < 4.78 is 0. The predicted molar refractivity (Wildman–Crippen MR) is 239 cm³/mol. The molecule has 0 atom stereocenters. The largest absolute Gasteiger partial charge is 0.353 e. The number of nitro groups is 2. The first-order chi connectivity index (χ1) is 30.4. The number of hydrogen-bond donors (Lipinski definition) is 0. The van der Waals surface area contributed by atoms with Crippen molar-refractivity contribution in [3.05, 3.63) is 176 Å². The van der Waals surface area contributed by atoms with Gasteiger partial charge in [-0.1, -0.05) is 121 Å². The van der Waals surface area contributed by atoms with Crippen LogP contribution in [0.2, 0.25) is 0 Å². The molecule has 0 bridgehead atoms. The molecule has 2 aromatic heterocycles. The van der Waals surface area contributed by atoms with Crippen molar-refractivity contribution in [2.45, 2.75) is 12.1 Å². The molecule has 3 aliphatic heterocycles. The summed E-state index contributed by atoms with van der Waals surface area (Å²) in [6.45, 7) is 6.31. The zero-order chi connectivity index (χ0) is 42.4. The number of aromatic nitrogens is 4. The zero-order valence-electron chi connectivity index (χ0n) is 34.3. The van der Waals surface area contributed by atoms with Crippen LogP contribution in [0, 0.1) is 20.2 Å². The van der Waals surface area contributed by atoms with Crippen LogP contribution in [0.3, 0.4) is 0 Å². The Labute approximate surface area is 360 Å². The lowest BCUT2D eigenvalue weighted by Crippen LogP contribution is -2.49. The van der Waals surface area contributed by atoms with Gasteiger partial charge in [0.25, 0.3) is 0 Å². The van der Waals surface area contributed by atoms with Crippen LogP contribution in [0.5, 0.6) is 0 Å². The molecule has 316 valence electrons. The van der Waals surface area contributed by atoms with Gasteiger partial charge in [0.05, 0.1) is 21.9 Å². The van der Waals surface area contributed by atoms with Crippen LogP contribution in [0.1, 0.15) is 34.3 Å². The fourth-order valence-corrected chi connectivity index (χ4v) is 9.26. The summed E-state index contributed by atoms with van der Waals surface area (Å²) in [5.41, 5.74) is 4.51. The first-order valence-corrected chi connectivity index (χ1v) is 21.1. The SMILES string of the molecule is O=[N+]([O-])c1c(N2CCN(c3ncnc(N4CCN(C(c5ccccc5)c5ccccc5)CC4)c3[N+](=O)[O-])CC2)ncnc1N1CCN(C(c2ccccc2)c2ccccc2)CC1. The second kappa shape index (κ2) is 18.3. The highest BCUT2D eigenvalue weighted by Crippen LogP contribution is 2.39. The molecule has 9 rings (SSSR count). The monoisotopic (exact) mass is 832 g/mol. The third kappa shape index (κ3) is 8.34. The Morgan fingerprint density at radius 1 is 0.371 bits per heavy atom. The van der Waals surface area contributed by atoms with E-state index < -0.39 is 0 Å². The number of rotatable bonds is 12. The van der Waals surface area contributed by atoms with Gasteiger partial charge < -0.3 is 19.6 Å². The first-order valence-electron chi connectivity index (χ1n) is 21.1. The van der Waals surface area contributed by atoms with E-state index in [0.29, 0.717) is 90.2 Å². The standard InChI is InChI=1S/C46H48N12O4/c59-57(60)41-43(53-25-21-51(22-26-53)39(35-13-5-1-6-14-35)36-15-7-2-8-16-36)47-33-49-45(41)55-29-31-56(32-30-55)46-42(58(61)62)44(48-34-50-46)54-27-23-52(24-28-54)40(37-17-9-3-10-18-37)38-19-11-4-12-20-38/h1-20,33-34,39-40H,21-32H2. The molecule has 16 heteroatoms. The average Bonchev–Trinajstić information content (AvgIpc) is 3.33. The highest BCUT2D eigenvalue weighted by Gasteiger charge is 2.37. The lowest BCUT2D eigenvalue weighted by molar-refractivity contribution is -0.384. The van der Waals surface area contributed by atoms with Crippen molar-refractivity contribution in [1.29, 1.82) is 0 Å². The van der Waals surface area contributed by atoms with Crippen molar-refractivity contribution in [1.82, 2.24) is 29.7 Å². The van der Waals surface area contributed by atoms with E-state index in [1.807, 2.05) is 43.9 Å². The molecular formula is C46H48N12O4. The van der Waals surface area contributed by atoms with E-state index >= 15 is 0 Å². The van der Waals surface area contributed by atoms with Crippen LogP contribution in [0.4, 0.5) is 34.6 Å². The summed E-state index contributed by atoms with van der Waals surface area (Å²) >= 11 is 0. The lowest BCUT2D eigenvalue weighted by atomic mass is 9.96. The maximum absolute atomic E-state index is 12.8. The number of anilines is 4. The Hall–Kier alpha value is -7.04. The van der Waals surface area contributed by atoms with Gasteiger partial charge in [-0.3, -0.25) is 30.0 Å². The topological polar surface area (TPSA) is 157 Å². The Morgan fingerprint density at radius 2 is 0.597 bits per heavy atom. The zero-order valence-corrected chi connectivity index (χ0v) is 34.3. The van der Waals surface area contributed by atoms with E-state index in [0.717, 1.165) is 0 Å². The second-order valence-electron chi connectivity index (χ2n) is 15.7. The molecule has 6 aromatic rings. The maximum atomic E-state index is 12.8. The molecule has 0 saturated carbocycles. The van der Waals surface area contributed by atoms with Crippen molar-refractivity contribution in [3.63, 3.8) is 0 Å². The van der Waals surface area contributed by atoms with Gasteiger partial charge in [-0.15, -0.1) is 0 Å². The summed E-state index contributed by atoms with van der Waals surface area (Å²) in [5, 5.41) is 25.6. The third-order valence-corrected chi connectivity index (χ3v) is 12.2. The van der Waals surface area contributed by atoms with E-state index in [1.54, 1.807) is 0 Å². The van der Waals surface area contributed by atoms with Crippen LogP contribution < -0.4 is 19.6 Å². The van der Waals surface area contributed by atoms with Gasteiger partial charge in [0.1, 0.15) is 12.7 Å². The minimum atomic E-state index is -0.386. The normalized spacial score (nSPS) is 16.5. The summed E-state index contributed by atoms with van der Waals surface area (Å²) in [6.07, 6.45) is 2.80. The summed E-state index contributed by atoms with van der Waals surface area (Å²) in [6, 6.07) is 41.7. The Kier molecular flexibility index (Phi) is 11.9. The molecule has 62 heavy (non-hydrogen) atoms. The molecule has 4 aromatic carbocycles. The number of benzene rings is 4. The van der Waals surface area contributed by atoms with Crippen molar-refractivity contribution in [2.24, 2.45) is 0 Å². The van der Waals surface area contributed by atoms with Crippen molar-refractivity contribution < 1.29 is 9.85 Å². The van der Waals surface area contributed by atoms with E-state index in [1.165, 1.54) is 34.9 Å². The molecule has 0 aliphatic carbocycles. The summed E-state index contributed by atoms with van der Waals surface area (Å²) in [5.74, 6) is 1.09. The molecule has 3 aliphatic rings. The van der Waals surface area contributed by atoms with Crippen molar-refractivity contribution in [3.8, 4) is 0 Å². The second-order valence-corrected chi connectivity index (χ2v) is 15.7. The first kappa shape index (κ1) is 40.4. The van der Waals surface area contributed by atoms with Gasteiger partial charge in [-0.25, -0.2) is 19.9 Å². The molecular weight excluding hydrogens is 785 g/mol. The molecule has 3 saturated heterocycles. The van der Waals surface area contributed by atoms with Gasteiger partial charge in [0.2, 0.25) is 23.3 Å². The van der Waals surface area contributed by atoms with E-state index in [2.05, 4.69) is 127 Å². The van der Waals surface area contributed by atoms with Gasteiger partial charge in [-0.05, 0) is 22.3 Å². The van der Waals surface area contributed by atoms with Crippen LogP contribution in [-0.4, -0.2) is 118 Å². The van der Waals surface area contributed by atoms with Crippen molar-refractivity contribution >= 4 is 34.6 Å². The molecule has 0 unspecified atom stereocenters. The van der Waals surface area contributed by atoms with E-state index in [9.17, 15) is 20.2 Å². The van der Waals surface area contributed by atoms with Crippen LogP contribution in [0.25, 0.3) is 0 Å². The quantitative estimate of drug-likeness (QED) is 0.101. The van der Waals surface area contributed by atoms with E-state index in [4.69, 9.17) is 0 Å². The van der Waals surface area contributed by atoms with E-state index in [-0.39, 0.29) is 44.9 Å². The van der Waals surface area contributed by atoms with Crippen molar-refractivity contribution in [2.75, 3.05) is 98.1 Å². The molecule has 5 heterocycles. The highest BCUT2D eigenvalue weighted by atomic mass is 16.6. The Morgan fingerprint density at radius 3 is 0.823 bits per heavy atom. The molecule has 3 fully saturated rings. The van der Waals surface area contributed by atoms with Crippen LogP contribution in [-0.2, 0) is 0 Å². The molecule has 0 spiro atoms. The third-order valence-electron chi connectivity index (χ3n) is 12.2. The molecule has 0 N–H and O–H groups in total. The number of nitrogens with zero attached hydrogens (tertiary/aromatic N) is 12. The summed E-state index contributed by atoms with van der Waals surface area (Å²) in [4.78, 5) is 55.3. The van der Waals surface area contributed by atoms with Gasteiger partial charge in [0, 0.05) is 78.5 Å². The fourth-order valence-electron chi connectivity index (χ4n) is 9.26. The minimum Gasteiger partial charge on any atom is -0.348 e. The molecule has 0 amide bonds.